The summed E-state index contributed by atoms with van der Waals surface area (Å²) in [5, 5.41) is 0. The van der Waals surface area contributed by atoms with Crippen molar-refractivity contribution in [2.45, 2.75) is 38.2 Å². The molecular weight excluding hydrogens is 368 g/mol. The van der Waals surface area contributed by atoms with E-state index in [1.54, 1.807) is 4.31 Å². The molecule has 3 aliphatic rings. The third kappa shape index (κ3) is 3.70. The first-order chi connectivity index (χ1) is 13.0. The van der Waals surface area contributed by atoms with E-state index in [2.05, 4.69) is 9.88 Å². The second-order valence-corrected chi connectivity index (χ2v) is 9.76. The predicted octanol–water partition coefficient (Wildman–Crippen LogP) is 0.917. The van der Waals surface area contributed by atoms with Crippen LogP contribution < -0.4 is 4.90 Å². The van der Waals surface area contributed by atoms with Gasteiger partial charge in [-0.3, -0.25) is 0 Å². The Bertz CT molecular complexity index is 782. The average Bonchev–Trinajstić information content (AvgIpc) is 3.13. The molecule has 0 saturated carbocycles. The zero-order chi connectivity index (χ0) is 18.9. The highest BCUT2D eigenvalue weighted by molar-refractivity contribution is 7.89. The molecule has 3 aliphatic heterocycles. The summed E-state index contributed by atoms with van der Waals surface area (Å²) < 4.78 is 38.2. The zero-order valence-corrected chi connectivity index (χ0v) is 16.7. The van der Waals surface area contributed by atoms with E-state index in [0.717, 1.165) is 37.2 Å². The number of aromatic nitrogens is 2. The number of anilines is 1. The Labute approximate surface area is 160 Å². The van der Waals surface area contributed by atoms with Crippen LogP contribution in [0, 0.1) is 0 Å². The van der Waals surface area contributed by atoms with Crippen molar-refractivity contribution >= 4 is 16.0 Å². The Morgan fingerprint density at radius 3 is 2.81 bits per heavy atom. The number of nitrogens with zero attached hydrogens (tertiary/aromatic N) is 4. The van der Waals surface area contributed by atoms with Gasteiger partial charge in [-0.25, -0.2) is 22.7 Å². The first-order valence-electron chi connectivity index (χ1n) is 9.79. The van der Waals surface area contributed by atoms with Crippen molar-refractivity contribution in [3.63, 3.8) is 0 Å². The van der Waals surface area contributed by atoms with Crippen LogP contribution in [0.2, 0.25) is 0 Å². The highest BCUT2D eigenvalue weighted by Crippen LogP contribution is 2.40. The van der Waals surface area contributed by atoms with Crippen LogP contribution in [0.4, 0.5) is 5.95 Å². The summed E-state index contributed by atoms with van der Waals surface area (Å²) in [4.78, 5) is 11.6. The predicted molar refractivity (Wildman–Crippen MR) is 101 cm³/mol. The Kier molecular flexibility index (Phi) is 5.37. The standard InChI is InChI=1S/C18H28N4O4S/c1-2-3-10-27(23,24)22-5-4-18(13-22)14-26-12-15-11-19-17(20-16(15)18)21-6-8-25-9-7-21/h11H,2-10,12-14H2,1H3. The molecule has 2 saturated heterocycles. The lowest BCUT2D eigenvalue weighted by Gasteiger charge is -2.35. The summed E-state index contributed by atoms with van der Waals surface area (Å²) >= 11 is 0. The topological polar surface area (TPSA) is 84.9 Å². The first kappa shape index (κ1) is 19.0. The Hall–Kier alpha value is -1.29. The number of fused-ring (bicyclic) bond motifs is 2. The minimum absolute atomic E-state index is 0.218. The van der Waals surface area contributed by atoms with Gasteiger partial charge in [0.1, 0.15) is 0 Å². The second-order valence-electron chi connectivity index (χ2n) is 7.67. The molecule has 0 aromatic carbocycles. The number of rotatable bonds is 5. The first-order valence-corrected chi connectivity index (χ1v) is 11.4. The number of hydrogen-bond donors (Lipinski definition) is 0. The van der Waals surface area contributed by atoms with Crippen LogP contribution in [-0.2, 0) is 31.5 Å². The molecule has 0 amide bonds. The summed E-state index contributed by atoms with van der Waals surface area (Å²) in [5.74, 6) is 0.932. The van der Waals surface area contributed by atoms with Crippen LogP contribution in [0.3, 0.4) is 0 Å². The quantitative estimate of drug-likeness (QED) is 0.731. The molecule has 0 aliphatic carbocycles. The number of ether oxygens (including phenoxy) is 2. The SMILES string of the molecule is CCCCS(=O)(=O)N1CCC2(COCc3cnc(N4CCOCC4)nc32)C1. The summed E-state index contributed by atoms with van der Waals surface area (Å²) in [5.41, 5.74) is 1.58. The number of sulfonamides is 1. The van der Waals surface area contributed by atoms with Gasteiger partial charge in [0, 0.05) is 37.9 Å². The van der Waals surface area contributed by atoms with Crippen molar-refractivity contribution in [1.29, 1.82) is 0 Å². The van der Waals surface area contributed by atoms with Crippen molar-refractivity contribution in [3.05, 3.63) is 17.5 Å². The Balaban J connectivity index is 1.60. The second kappa shape index (κ2) is 7.62. The van der Waals surface area contributed by atoms with Crippen LogP contribution in [0.5, 0.6) is 0 Å². The van der Waals surface area contributed by atoms with Crippen molar-refractivity contribution in [2.24, 2.45) is 0 Å². The van der Waals surface area contributed by atoms with Crippen molar-refractivity contribution in [1.82, 2.24) is 14.3 Å². The van der Waals surface area contributed by atoms with E-state index in [1.807, 2.05) is 13.1 Å². The number of unbranched alkanes of at least 4 members (excludes halogenated alkanes) is 1. The molecule has 9 heteroatoms. The van der Waals surface area contributed by atoms with Gasteiger partial charge in [-0.1, -0.05) is 13.3 Å². The van der Waals surface area contributed by atoms with E-state index in [1.165, 1.54) is 0 Å². The normalized spacial score (nSPS) is 26.5. The summed E-state index contributed by atoms with van der Waals surface area (Å²) in [7, 11) is -3.22. The minimum atomic E-state index is -3.22. The molecule has 4 rings (SSSR count). The third-order valence-electron chi connectivity index (χ3n) is 5.75. The van der Waals surface area contributed by atoms with Gasteiger partial charge in [0.2, 0.25) is 16.0 Å². The average molecular weight is 397 g/mol. The molecule has 0 bridgehead atoms. The molecule has 1 aromatic heterocycles. The fraction of sp³-hybridized carbons (Fsp3) is 0.778. The van der Waals surface area contributed by atoms with Crippen LogP contribution in [0.15, 0.2) is 6.20 Å². The minimum Gasteiger partial charge on any atom is -0.378 e. The molecule has 1 atom stereocenters. The van der Waals surface area contributed by atoms with Gasteiger partial charge in [-0.15, -0.1) is 0 Å². The lowest BCUT2D eigenvalue weighted by Crippen LogP contribution is -2.43. The molecular formula is C18H28N4O4S. The van der Waals surface area contributed by atoms with Gasteiger partial charge < -0.3 is 14.4 Å². The maximum absolute atomic E-state index is 12.7. The maximum Gasteiger partial charge on any atom is 0.225 e. The van der Waals surface area contributed by atoms with E-state index < -0.39 is 10.0 Å². The van der Waals surface area contributed by atoms with Crippen LogP contribution in [-0.4, -0.2) is 74.4 Å². The van der Waals surface area contributed by atoms with Crippen molar-refractivity contribution in [3.8, 4) is 0 Å². The van der Waals surface area contributed by atoms with Gasteiger partial charge in [0.25, 0.3) is 0 Å². The van der Waals surface area contributed by atoms with Gasteiger partial charge in [-0.05, 0) is 12.8 Å². The molecule has 1 aromatic rings. The molecule has 0 N–H and O–H groups in total. The van der Waals surface area contributed by atoms with Gasteiger partial charge in [-0.2, -0.15) is 0 Å². The lowest BCUT2D eigenvalue weighted by molar-refractivity contribution is 0.0530. The molecule has 1 spiro atoms. The van der Waals surface area contributed by atoms with E-state index >= 15 is 0 Å². The molecule has 0 radical (unpaired) electrons. The van der Waals surface area contributed by atoms with Crippen molar-refractivity contribution < 1.29 is 17.9 Å². The number of hydrogen-bond acceptors (Lipinski definition) is 7. The Morgan fingerprint density at radius 1 is 1.22 bits per heavy atom. The van der Waals surface area contributed by atoms with Crippen LogP contribution >= 0.6 is 0 Å². The molecule has 2 fully saturated rings. The fourth-order valence-corrected chi connectivity index (χ4v) is 5.87. The summed E-state index contributed by atoms with van der Waals surface area (Å²) in [6, 6.07) is 0. The third-order valence-corrected chi connectivity index (χ3v) is 7.66. The van der Waals surface area contributed by atoms with E-state index in [4.69, 9.17) is 14.5 Å². The van der Waals surface area contributed by atoms with Crippen LogP contribution in [0.25, 0.3) is 0 Å². The van der Waals surface area contributed by atoms with E-state index in [0.29, 0.717) is 51.9 Å². The van der Waals surface area contributed by atoms with Gasteiger partial charge >= 0.3 is 0 Å². The van der Waals surface area contributed by atoms with Gasteiger partial charge in [0.15, 0.2) is 0 Å². The van der Waals surface area contributed by atoms with Crippen LogP contribution in [0.1, 0.15) is 37.4 Å². The van der Waals surface area contributed by atoms with Gasteiger partial charge in [0.05, 0.1) is 43.3 Å². The zero-order valence-electron chi connectivity index (χ0n) is 15.9. The fourth-order valence-electron chi connectivity index (χ4n) is 4.14. The molecule has 8 nitrogen and oxygen atoms in total. The lowest BCUT2D eigenvalue weighted by atomic mass is 9.81. The highest BCUT2D eigenvalue weighted by atomic mass is 32.2. The largest absolute Gasteiger partial charge is 0.378 e. The monoisotopic (exact) mass is 396 g/mol. The maximum atomic E-state index is 12.7. The number of morpholine rings is 1. The highest BCUT2D eigenvalue weighted by Gasteiger charge is 2.48. The van der Waals surface area contributed by atoms with E-state index in [9.17, 15) is 8.42 Å². The molecule has 27 heavy (non-hydrogen) atoms. The Morgan fingerprint density at radius 2 is 2.04 bits per heavy atom. The summed E-state index contributed by atoms with van der Waals surface area (Å²) in [6.07, 6.45) is 4.16. The van der Waals surface area contributed by atoms with E-state index in [-0.39, 0.29) is 11.2 Å². The van der Waals surface area contributed by atoms with Crippen molar-refractivity contribution in [2.75, 3.05) is 56.7 Å². The molecule has 150 valence electrons. The summed E-state index contributed by atoms with van der Waals surface area (Å²) in [6.45, 7) is 6.91. The molecule has 1 unspecified atom stereocenters. The smallest absolute Gasteiger partial charge is 0.225 e. The molecule has 4 heterocycles.